The lowest BCUT2D eigenvalue weighted by Crippen LogP contribution is -2.09. The van der Waals surface area contributed by atoms with E-state index in [2.05, 4.69) is 4.74 Å². The van der Waals surface area contributed by atoms with Crippen LogP contribution in [0.15, 0.2) is 0 Å². The Morgan fingerprint density at radius 2 is 2.25 bits per heavy atom. The molecule has 0 heterocycles. The van der Waals surface area contributed by atoms with Crippen LogP contribution in [0.5, 0.6) is 0 Å². The van der Waals surface area contributed by atoms with Crippen LogP contribution in [0.25, 0.3) is 0 Å². The molecule has 0 aliphatic carbocycles. The van der Waals surface area contributed by atoms with Gasteiger partial charge in [0.25, 0.3) is 0 Å². The maximum Gasteiger partial charge on any atom is 0.151 e. The highest BCUT2D eigenvalue weighted by Gasteiger charge is 1.94. The molecule has 0 aromatic rings. The Morgan fingerprint density at radius 1 is 1.62 bits per heavy atom. The highest BCUT2D eigenvalue weighted by Crippen LogP contribution is 1.88. The van der Waals surface area contributed by atoms with E-state index in [0.717, 1.165) is 0 Å². The molecule has 0 radical (unpaired) electrons. The second-order valence-electron chi connectivity index (χ2n) is 1.23. The Bertz CT molecular complexity index is 48.5. The van der Waals surface area contributed by atoms with Crippen LogP contribution in [-0.4, -0.2) is 35.6 Å². The normalized spacial score (nSPS) is 13.9. The van der Waals surface area contributed by atoms with Gasteiger partial charge in [0.15, 0.2) is 5.56 Å². The van der Waals surface area contributed by atoms with Crippen molar-refractivity contribution in [2.45, 2.75) is 5.56 Å². The van der Waals surface area contributed by atoms with E-state index in [4.69, 9.17) is 21.8 Å². The van der Waals surface area contributed by atoms with Gasteiger partial charge in [-0.05, 0) is 0 Å². The first kappa shape index (κ1) is 8.17. The fourth-order valence-corrected chi connectivity index (χ4v) is 0.334. The second kappa shape index (κ2) is 5.31. The molecule has 0 amide bonds. The fraction of sp³-hybridized carbons (Fsp3) is 1.00. The van der Waals surface area contributed by atoms with Crippen LogP contribution in [0.2, 0.25) is 0 Å². The first-order valence-electron chi connectivity index (χ1n) is 2.28. The van der Waals surface area contributed by atoms with Gasteiger partial charge >= 0.3 is 0 Å². The summed E-state index contributed by atoms with van der Waals surface area (Å²) >= 11 is 5.06. The number of rotatable bonds is 4. The third-order valence-corrected chi connectivity index (χ3v) is 0.617. The van der Waals surface area contributed by atoms with E-state index < -0.39 is 5.56 Å². The minimum atomic E-state index is -0.957. The Hall–Kier alpha value is 0.170. The smallest absolute Gasteiger partial charge is 0.151 e. The molecule has 1 atom stereocenters. The summed E-state index contributed by atoms with van der Waals surface area (Å²) in [6.07, 6.45) is 0. The zero-order valence-electron chi connectivity index (χ0n) is 4.38. The van der Waals surface area contributed by atoms with Crippen LogP contribution in [0, 0.1) is 0 Å². The number of ether oxygens (including phenoxy) is 1. The number of hydrogen-bond donors (Lipinski definition) is 2. The number of alkyl halides is 1. The van der Waals surface area contributed by atoms with E-state index in [-0.39, 0.29) is 19.8 Å². The third kappa shape index (κ3) is 6.17. The average Bonchev–Trinajstić information content (AvgIpc) is 1.66. The lowest BCUT2D eigenvalue weighted by molar-refractivity contribution is 0.0514. The van der Waals surface area contributed by atoms with Gasteiger partial charge in [-0.2, -0.15) is 0 Å². The topological polar surface area (TPSA) is 49.7 Å². The summed E-state index contributed by atoms with van der Waals surface area (Å²) in [6, 6.07) is 0. The van der Waals surface area contributed by atoms with E-state index in [0.29, 0.717) is 0 Å². The quantitative estimate of drug-likeness (QED) is 0.411. The van der Waals surface area contributed by atoms with Crippen molar-refractivity contribution in [2.24, 2.45) is 0 Å². The molecule has 4 heteroatoms. The largest absolute Gasteiger partial charge is 0.394 e. The summed E-state index contributed by atoms with van der Waals surface area (Å²) in [6.45, 7) is 0.259. The summed E-state index contributed by atoms with van der Waals surface area (Å²) < 4.78 is 4.61. The molecule has 0 saturated heterocycles. The minimum Gasteiger partial charge on any atom is -0.394 e. The molecule has 3 nitrogen and oxygen atoms in total. The first-order chi connectivity index (χ1) is 3.77. The van der Waals surface area contributed by atoms with Crippen molar-refractivity contribution >= 4 is 11.6 Å². The molecule has 0 aromatic carbocycles. The van der Waals surface area contributed by atoms with Crippen molar-refractivity contribution in [3.8, 4) is 0 Å². The predicted octanol–water partition coefficient (Wildman–Crippen LogP) is -0.448. The summed E-state index contributed by atoms with van der Waals surface area (Å²) in [5.74, 6) is 0. The van der Waals surface area contributed by atoms with E-state index in [1.54, 1.807) is 0 Å². The van der Waals surface area contributed by atoms with E-state index >= 15 is 0 Å². The number of halogens is 1. The Morgan fingerprint density at radius 3 is 2.62 bits per heavy atom. The van der Waals surface area contributed by atoms with Gasteiger partial charge in [0.2, 0.25) is 0 Å². The monoisotopic (exact) mass is 140 g/mol. The molecule has 0 rings (SSSR count). The molecule has 0 aliphatic heterocycles. The zero-order chi connectivity index (χ0) is 6.41. The molecular weight excluding hydrogens is 131 g/mol. The van der Waals surface area contributed by atoms with Crippen molar-refractivity contribution in [1.82, 2.24) is 0 Å². The van der Waals surface area contributed by atoms with Crippen LogP contribution in [-0.2, 0) is 4.74 Å². The predicted molar refractivity (Wildman–Crippen MR) is 29.8 cm³/mol. The summed E-state index contributed by atoms with van der Waals surface area (Å²) in [5, 5.41) is 16.5. The van der Waals surface area contributed by atoms with E-state index in [9.17, 15) is 0 Å². The van der Waals surface area contributed by atoms with Gasteiger partial charge in [0.05, 0.1) is 19.8 Å². The molecular formula is C4H9ClO3. The van der Waals surface area contributed by atoms with Crippen molar-refractivity contribution in [1.29, 1.82) is 0 Å². The van der Waals surface area contributed by atoms with E-state index in [1.807, 2.05) is 0 Å². The standard InChI is InChI=1S/C4H9ClO3/c5-4(7)3-8-2-1-6/h4,6-7H,1-3H2. The molecule has 0 spiro atoms. The maximum atomic E-state index is 8.34. The molecule has 1 unspecified atom stereocenters. The Balaban J connectivity index is 2.72. The number of hydrogen-bond acceptors (Lipinski definition) is 3. The van der Waals surface area contributed by atoms with Gasteiger partial charge in [-0.1, -0.05) is 11.6 Å². The SMILES string of the molecule is OCCOCC(O)Cl. The molecule has 0 bridgehead atoms. The highest BCUT2D eigenvalue weighted by atomic mass is 35.5. The number of aliphatic hydroxyl groups excluding tert-OH is 2. The maximum absolute atomic E-state index is 8.34. The molecule has 0 saturated carbocycles. The van der Waals surface area contributed by atoms with Gasteiger partial charge in [-0.15, -0.1) is 0 Å². The van der Waals surface area contributed by atoms with Crippen LogP contribution < -0.4 is 0 Å². The molecule has 0 fully saturated rings. The van der Waals surface area contributed by atoms with Crippen LogP contribution in [0.4, 0.5) is 0 Å². The van der Waals surface area contributed by atoms with Crippen molar-refractivity contribution in [3.05, 3.63) is 0 Å². The lowest BCUT2D eigenvalue weighted by Gasteiger charge is -2.00. The van der Waals surface area contributed by atoms with Gasteiger partial charge in [-0.25, -0.2) is 0 Å². The third-order valence-electron chi connectivity index (χ3n) is 0.491. The zero-order valence-corrected chi connectivity index (χ0v) is 5.14. The minimum absolute atomic E-state index is 0.0381. The van der Waals surface area contributed by atoms with Crippen molar-refractivity contribution < 1.29 is 14.9 Å². The van der Waals surface area contributed by atoms with Crippen LogP contribution >= 0.6 is 11.6 Å². The van der Waals surface area contributed by atoms with Crippen LogP contribution in [0.3, 0.4) is 0 Å². The fourth-order valence-electron chi connectivity index (χ4n) is 0.245. The molecule has 2 N–H and O–H groups in total. The van der Waals surface area contributed by atoms with Crippen molar-refractivity contribution in [3.63, 3.8) is 0 Å². The van der Waals surface area contributed by atoms with Gasteiger partial charge in [0, 0.05) is 0 Å². The van der Waals surface area contributed by atoms with Gasteiger partial charge in [-0.3, -0.25) is 0 Å². The summed E-state index contributed by atoms with van der Waals surface area (Å²) in [5.41, 5.74) is -0.957. The van der Waals surface area contributed by atoms with E-state index in [1.165, 1.54) is 0 Å². The second-order valence-corrected chi connectivity index (χ2v) is 1.74. The molecule has 0 aromatic heterocycles. The lowest BCUT2D eigenvalue weighted by atomic mass is 10.7. The first-order valence-corrected chi connectivity index (χ1v) is 2.71. The van der Waals surface area contributed by atoms with Crippen molar-refractivity contribution in [2.75, 3.05) is 19.8 Å². The summed E-state index contributed by atoms with van der Waals surface area (Å²) in [4.78, 5) is 0. The summed E-state index contributed by atoms with van der Waals surface area (Å²) in [7, 11) is 0. The Labute approximate surface area is 52.8 Å². The molecule has 8 heavy (non-hydrogen) atoms. The number of aliphatic hydroxyl groups is 2. The molecule has 50 valence electrons. The average molecular weight is 141 g/mol. The van der Waals surface area contributed by atoms with Gasteiger partial charge < -0.3 is 14.9 Å². The van der Waals surface area contributed by atoms with Gasteiger partial charge in [0.1, 0.15) is 0 Å². The highest BCUT2D eigenvalue weighted by molar-refractivity contribution is 6.19. The Kier molecular flexibility index (Phi) is 5.42. The molecule has 0 aliphatic rings. The van der Waals surface area contributed by atoms with Crippen LogP contribution in [0.1, 0.15) is 0 Å².